The molecule has 1 aromatic heterocycles. The van der Waals surface area contributed by atoms with E-state index in [1.54, 1.807) is 6.07 Å². The molecule has 4 heteroatoms. The zero-order chi connectivity index (χ0) is 11.7. The number of rotatable bonds is 1. The maximum atomic E-state index is 12.2. The highest BCUT2D eigenvalue weighted by atomic mass is 16.3. The van der Waals surface area contributed by atoms with E-state index in [1.165, 1.54) is 12.8 Å². The molecule has 0 saturated carbocycles. The topological polar surface area (TPSA) is 46.3 Å². The Balaban J connectivity index is 1.88. The van der Waals surface area contributed by atoms with Gasteiger partial charge in [0.2, 0.25) is 0 Å². The molecule has 0 N–H and O–H groups in total. The number of hydrogen-bond acceptors (Lipinski definition) is 3. The first-order valence-corrected chi connectivity index (χ1v) is 5.97. The number of carbonyl (C=O) groups is 1. The second-order valence-electron chi connectivity index (χ2n) is 4.39. The largest absolute Gasteiger partial charge is 0.443 e. The van der Waals surface area contributed by atoms with Crippen LogP contribution in [0.25, 0.3) is 11.1 Å². The molecule has 1 amide bonds. The summed E-state index contributed by atoms with van der Waals surface area (Å²) in [6, 6.07) is 5.43. The second-order valence-corrected chi connectivity index (χ2v) is 4.39. The van der Waals surface area contributed by atoms with Crippen molar-refractivity contribution in [1.29, 1.82) is 0 Å². The second kappa shape index (κ2) is 4.20. The first-order chi connectivity index (χ1) is 8.34. The Morgan fingerprint density at radius 3 is 2.88 bits per heavy atom. The molecular weight excluding hydrogens is 216 g/mol. The summed E-state index contributed by atoms with van der Waals surface area (Å²) < 4.78 is 5.21. The number of carbonyl (C=O) groups excluding carboxylic acids is 1. The molecule has 1 aromatic carbocycles. The maximum Gasteiger partial charge on any atom is 0.253 e. The van der Waals surface area contributed by atoms with Crippen molar-refractivity contribution in [2.24, 2.45) is 0 Å². The third-order valence-corrected chi connectivity index (χ3v) is 3.22. The number of benzene rings is 1. The minimum absolute atomic E-state index is 0.100. The molecule has 88 valence electrons. The van der Waals surface area contributed by atoms with E-state index >= 15 is 0 Å². The van der Waals surface area contributed by atoms with Gasteiger partial charge in [-0.3, -0.25) is 4.79 Å². The van der Waals surface area contributed by atoms with Crippen LogP contribution in [-0.2, 0) is 0 Å². The summed E-state index contributed by atoms with van der Waals surface area (Å²) in [7, 11) is 0. The third-order valence-electron chi connectivity index (χ3n) is 3.22. The van der Waals surface area contributed by atoms with Gasteiger partial charge in [-0.1, -0.05) is 0 Å². The van der Waals surface area contributed by atoms with Gasteiger partial charge in [0.05, 0.1) is 0 Å². The number of likely N-dealkylation sites (tertiary alicyclic amines) is 1. The molecule has 0 atom stereocenters. The van der Waals surface area contributed by atoms with Crippen molar-refractivity contribution in [1.82, 2.24) is 9.88 Å². The lowest BCUT2D eigenvalue weighted by Crippen LogP contribution is -2.35. The van der Waals surface area contributed by atoms with Gasteiger partial charge in [0.25, 0.3) is 5.91 Å². The fourth-order valence-electron chi connectivity index (χ4n) is 2.27. The summed E-state index contributed by atoms with van der Waals surface area (Å²) in [4.78, 5) is 18.2. The number of oxazole rings is 1. The zero-order valence-corrected chi connectivity index (χ0v) is 9.56. The molecule has 0 aliphatic carbocycles. The van der Waals surface area contributed by atoms with Crippen molar-refractivity contribution in [3.05, 3.63) is 30.2 Å². The van der Waals surface area contributed by atoms with E-state index in [0.717, 1.165) is 31.4 Å². The molecular formula is C13H14N2O2. The average molecular weight is 230 g/mol. The number of hydrogen-bond donors (Lipinski definition) is 0. The summed E-state index contributed by atoms with van der Waals surface area (Å²) >= 11 is 0. The predicted octanol–water partition coefficient (Wildman–Crippen LogP) is 2.45. The van der Waals surface area contributed by atoms with Gasteiger partial charge in [0.1, 0.15) is 5.52 Å². The number of nitrogens with zero attached hydrogens (tertiary/aromatic N) is 2. The molecule has 2 aromatic rings. The fraction of sp³-hybridized carbons (Fsp3) is 0.385. The van der Waals surface area contributed by atoms with Crippen molar-refractivity contribution < 1.29 is 9.21 Å². The summed E-state index contributed by atoms with van der Waals surface area (Å²) in [5.74, 6) is 0.100. The molecule has 17 heavy (non-hydrogen) atoms. The lowest BCUT2D eigenvalue weighted by atomic mass is 10.1. The van der Waals surface area contributed by atoms with Crippen molar-refractivity contribution in [2.75, 3.05) is 13.1 Å². The molecule has 4 nitrogen and oxygen atoms in total. The van der Waals surface area contributed by atoms with Gasteiger partial charge < -0.3 is 9.32 Å². The average Bonchev–Trinajstić information content (AvgIpc) is 2.86. The highest BCUT2D eigenvalue weighted by Gasteiger charge is 2.18. The van der Waals surface area contributed by atoms with Crippen LogP contribution >= 0.6 is 0 Å². The lowest BCUT2D eigenvalue weighted by Gasteiger charge is -2.26. The van der Waals surface area contributed by atoms with Crippen LogP contribution in [0.15, 0.2) is 29.0 Å². The molecule has 1 saturated heterocycles. The molecule has 0 spiro atoms. The molecule has 1 aliphatic heterocycles. The predicted molar refractivity (Wildman–Crippen MR) is 63.8 cm³/mol. The molecule has 1 aliphatic rings. The summed E-state index contributed by atoms with van der Waals surface area (Å²) in [5.41, 5.74) is 2.16. The van der Waals surface area contributed by atoms with E-state index < -0.39 is 0 Å². The normalized spacial score (nSPS) is 16.4. The summed E-state index contributed by atoms with van der Waals surface area (Å²) in [6.45, 7) is 1.74. The molecule has 2 heterocycles. The third kappa shape index (κ3) is 1.90. The Hall–Kier alpha value is -1.84. The highest BCUT2D eigenvalue weighted by Crippen LogP contribution is 2.17. The van der Waals surface area contributed by atoms with E-state index in [2.05, 4.69) is 4.98 Å². The number of aromatic nitrogens is 1. The monoisotopic (exact) mass is 230 g/mol. The van der Waals surface area contributed by atoms with E-state index in [9.17, 15) is 4.79 Å². The first-order valence-electron chi connectivity index (χ1n) is 5.97. The van der Waals surface area contributed by atoms with Crippen LogP contribution in [0.5, 0.6) is 0 Å². The number of amides is 1. The van der Waals surface area contributed by atoms with E-state index in [1.807, 2.05) is 17.0 Å². The van der Waals surface area contributed by atoms with Gasteiger partial charge in [-0.05, 0) is 37.5 Å². The van der Waals surface area contributed by atoms with Crippen LogP contribution in [0.4, 0.5) is 0 Å². The van der Waals surface area contributed by atoms with E-state index in [0.29, 0.717) is 11.1 Å². The van der Waals surface area contributed by atoms with Crippen LogP contribution in [0.1, 0.15) is 29.6 Å². The van der Waals surface area contributed by atoms with Crippen molar-refractivity contribution >= 4 is 17.0 Å². The van der Waals surface area contributed by atoms with Crippen molar-refractivity contribution in [3.8, 4) is 0 Å². The Kier molecular flexibility index (Phi) is 2.55. The molecule has 0 bridgehead atoms. The minimum atomic E-state index is 0.100. The van der Waals surface area contributed by atoms with Crippen LogP contribution in [0.3, 0.4) is 0 Å². The van der Waals surface area contributed by atoms with Crippen molar-refractivity contribution in [2.45, 2.75) is 19.3 Å². The Morgan fingerprint density at radius 1 is 1.24 bits per heavy atom. The smallest absolute Gasteiger partial charge is 0.253 e. The Morgan fingerprint density at radius 2 is 2.06 bits per heavy atom. The molecule has 0 unspecified atom stereocenters. The van der Waals surface area contributed by atoms with E-state index in [-0.39, 0.29) is 5.91 Å². The van der Waals surface area contributed by atoms with Gasteiger partial charge in [0.15, 0.2) is 12.0 Å². The van der Waals surface area contributed by atoms with Gasteiger partial charge in [0, 0.05) is 18.7 Å². The number of piperidine rings is 1. The van der Waals surface area contributed by atoms with Gasteiger partial charge in [-0.2, -0.15) is 0 Å². The molecule has 0 radical (unpaired) electrons. The minimum Gasteiger partial charge on any atom is -0.443 e. The fourth-order valence-corrected chi connectivity index (χ4v) is 2.27. The van der Waals surface area contributed by atoms with Crippen LogP contribution in [0.2, 0.25) is 0 Å². The molecule has 3 rings (SSSR count). The van der Waals surface area contributed by atoms with E-state index in [4.69, 9.17) is 4.42 Å². The molecule has 1 fully saturated rings. The maximum absolute atomic E-state index is 12.2. The SMILES string of the molecule is O=C(c1ccc2ncoc2c1)N1CCCCC1. The standard InChI is InChI=1S/C13H14N2O2/c16-13(15-6-2-1-3-7-15)10-4-5-11-12(8-10)17-9-14-11/h4-5,8-9H,1-3,6-7H2. The lowest BCUT2D eigenvalue weighted by molar-refractivity contribution is 0.0724. The van der Waals surface area contributed by atoms with Gasteiger partial charge >= 0.3 is 0 Å². The highest BCUT2D eigenvalue weighted by molar-refractivity contribution is 5.97. The number of fused-ring (bicyclic) bond motifs is 1. The van der Waals surface area contributed by atoms with Crippen LogP contribution < -0.4 is 0 Å². The van der Waals surface area contributed by atoms with Crippen LogP contribution in [-0.4, -0.2) is 28.9 Å². The van der Waals surface area contributed by atoms with Crippen LogP contribution in [0, 0.1) is 0 Å². The summed E-state index contributed by atoms with van der Waals surface area (Å²) in [5, 5.41) is 0. The summed E-state index contributed by atoms with van der Waals surface area (Å²) in [6.07, 6.45) is 4.84. The van der Waals surface area contributed by atoms with Gasteiger partial charge in [-0.15, -0.1) is 0 Å². The quantitative estimate of drug-likeness (QED) is 0.756. The van der Waals surface area contributed by atoms with Gasteiger partial charge in [-0.25, -0.2) is 4.98 Å². The Bertz CT molecular complexity index is 541. The zero-order valence-electron chi connectivity index (χ0n) is 9.56. The Labute approximate surface area is 99.2 Å². The first kappa shape index (κ1) is 10.3. The van der Waals surface area contributed by atoms with Crippen molar-refractivity contribution in [3.63, 3.8) is 0 Å².